The maximum Gasteiger partial charge on any atom is 0.273 e. The van der Waals surface area contributed by atoms with Crippen LogP contribution in [0.3, 0.4) is 0 Å². The largest absolute Gasteiger partial charge is 0.370 e. The third kappa shape index (κ3) is 3.66. The van der Waals surface area contributed by atoms with Crippen LogP contribution in [-0.4, -0.2) is 50.9 Å². The summed E-state index contributed by atoms with van der Waals surface area (Å²) in [5.41, 5.74) is 3.82. The number of carbonyl (C=O) groups is 1. The number of nitrogens with one attached hydrogen (secondary N) is 2. The average molecular weight is 455 g/mol. The van der Waals surface area contributed by atoms with E-state index in [1.165, 1.54) is 21.9 Å². The number of amidine groups is 1. The van der Waals surface area contributed by atoms with Gasteiger partial charge in [0.1, 0.15) is 0 Å². The minimum atomic E-state index is -0.231. The number of carbonyl (C=O) groups excluding carboxylic acids is 1. The normalized spacial score (nSPS) is 18.6. The summed E-state index contributed by atoms with van der Waals surface area (Å²) in [6, 6.07) is 8.41. The Kier molecular flexibility index (Phi) is 5.36. The van der Waals surface area contributed by atoms with Crippen molar-refractivity contribution in [3.63, 3.8) is 0 Å². The zero-order chi connectivity index (χ0) is 20.5. The lowest BCUT2D eigenvalue weighted by Crippen LogP contribution is -2.32. The number of H-pyrrole nitrogens is 1. The Labute approximate surface area is 186 Å². The molecule has 4 heterocycles. The van der Waals surface area contributed by atoms with Crippen molar-refractivity contribution in [1.82, 2.24) is 15.2 Å². The lowest BCUT2D eigenvalue weighted by molar-refractivity contribution is -0.113. The number of anilines is 2. The molecular weight excluding hydrogens is 436 g/mol. The molecule has 10 heteroatoms. The molecule has 0 radical (unpaired) electrons. The average Bonchev–Trinajstić information content (AvgIpc) is 3.51. The molecule has 2 aliphatic rings. The van der Waals surface area contributed by atoms with E-state index in [0.29, 0.717) is 10.0 Å². The lowest BCUT2D eigenvalue weighted by atomic mass is 10.1. The smallest absolute Gasteiger partial charge is 0.273 e. The predicted molar refractivity (Wildman–Crippen MR) is 126 cm³/mol. The third-order valence-corrected chi connectivity index (χ3v) is 7.49. The van der Waals surface area contributed by atoms with E-state index in [1.54, 1.807) is 23.8 Å². The monoisotopic (exact) mass is 454 g/mol. The first-order valence-electron chi connectivity index (χ1n) is 9.39. The van der Waals surface area contributed by atoms with Gasteiger partial charge in [0.2, 0.25) is 0 Å². The van der Waals surface area contributed by atoms with Crippen molar-refractivity contribution in [2.24, 2.45) is 0 Å². The van der Waals surface area contributed by atoms with Crippen LogP contribution in [0.4, 0.5) is 10.8 Å². The number of aromatic nitrogens is 3. The molecule has 3 aromatic rings. The molecule has 0 bridgehead atoms. The van der Waals surface area contributed by atoms with Crippen molar-refractivity contribution in [2.45, 2.75) is 0 Å². The van der Waals surface area contributed by atoms with Gasteiger partial charge in [-0.25, -0.2) is 9.88 Å². The highest BCUT2D eigenvalue weighted by molar-refractivity contribution is 8.19. The van der Waals surface area contributed by atoms with Gasteiger partial charge in [-0.2, -0.15) is 16.9 Å². The number of aromatic amines is 1. The number of thioether (sulfide) groups is 2. The summed E-state index contributed by atoms with van der Waals surface area (Å²) in [6.07, 6.45) is 5.21. The van der Waals surface area contributed by atoms with Gasteiger partial charge in [0, 0.05) is 59.2 Å². The SMILES string of the molecule is N=C1S/C(=C\c2c[nH]nc2-c2ccc(N3CCSCC3)cc2)C(=O)N1c1nccs1. The Morgan fingerprint density at radius 1 is 1.17 bits per heavy atom. The summed E-state index contributed by atoms with van der Waals surface area (Å²) in [4.78, 5) is 21.2. The van der Waals surface area contributed by atoms with Gasteiger partial charge >= 0.3 is 0 Å². The van der Waals surface area contributed by atoms with E-state index in [1.807, 2.05) is 11.8 Å². The summed E-state index contributed by atoms with van der Waals surface area (Å²) in [5.74, 6) is 2.10. The van der Waals surface area contributed by atoms with E-state index >= 15 is 0 Å². The number of thiazole rings is 1. The number of amides is 1. The standard InChI is InChI=1S/C20H18N6OS3/c21-19-26(20-22-5-8-29-20)18(27)16(30-19)11-14-12-23-24-17(14)13-1-3-15(4-2-13)25-6-9-28-10-7-25/h1-5,8,11-12,21H,6-7,9-10H2,(H,23,24)/b16-11-,21-19?. The Morgan fingerprint density at radius 2 is 1.97 bits per heavy atom. The molecule has 0 unspecified atom stereocenters. The van der Waals surface area contributed by atoms with Gasteiger partial charge in [0.25, 0.3) is 5.91 Å². The van der Waals surface area contributed by atoms with Crippen LogP contribution in [0, 0.1) is 5.41 Å². The van der Waals surface area contributed by atoms with Crippen molar-refractivity contribution in [3.05, 3.63) is 52.5 Å². The van der Waals surface area contributed by atoms with E-state index in [-0.39, 0.29) is 11.1 Å². The summed E-state index contributed by atoms with van der Waals surface area (Å²) < 4.78 is 0. The third-order valence-electron chi connectivity index (χ3n) is 4.91. The highest BCUT2D eigenvalue weighted by Crippen LogP contribution is 2.37. The Balaban J connectivity index is 1.40. The van der Waals surface area contributed by atoms with Crippen LogP contribution in [0.2, 0.25) is 0 Å². The van der Waals surface area contributed by atoms with Crippen LogP contribution in [0.25, 0.3) is 17.3 Å². The zero-order valence-electron chi connectivity index (χ0n) is 15.9. The van der Waals surface area contributed by atoms with Crippen molar-refractivity contribution in [3.8, 4) is 11.3 Å². The summed E-state index contributed by atoms with van der Waals surface area (Å²) in [7, 11) is 0. The number of rotatable bonds is 4. The second-order valence-electron chi connectivity index (χ2n) is 6.71. The number of hydrogen-bond acceptors (Lipinski definition) is 8. The van der Waals surface area contributed by atoms with E-state index in [4.69, 9.17) is 5.41 Å². The zero-order valence-corrected chi connectivity index (χ0v) is 18.3. The molecule has 1 amide bonds. The van der Waals surface area contributed by atoms with Crippen molar-refractivity contribution in [1.29, 1.82) is 5.41 Å². The Morgan fingerprint density at radius 3 is 2.70 bits per heavy atom. The Hall–Kier alpha value is -2.56. The van der Waals surface area contributed by atoms with Crippen LogP contribution in [0.15, 0.2) is 46.9 Å². The molecule has 1 aromatic carbocycles. The number of nitrogens with zero attached hydrogens (tertiary/aromatic N) is 4. The molecule has 0 saturated carbocycles. The van der Waals surface area contributed by atoms with Gasteiger partial charge in [-0.1, -0.05) is 12.1 Å². The van der Waals surface area contributed by atoms with E-state index < -0.39 is 0 Å². The fraction of sp³-hybridized carbons (Fsp3) is 0.200. The molecule has 2 saturated heterocycles. The van der Waals surface area contributed by atoms with Crippen molar-refractivity contribution in [2.75, 3.05) is 34.4 Å². The number of hydrogen-bond donors (Lipinski definition) is 2. The van der Waals surface area contributed by atoms with E-state index in [0.717, 1.165) is 53.2 Å². The van der Waals surface area contributed by atoms with Gasteiger partial charge in [-0.05, 0) is 30.0 Å². The van der Waals surface area contributed by atoms with Crippen LogP contribution in [0.1, 0.15) is 5.56 Å². The summed E-state index contributed by atoms with van der Waals surface area (Å²) in [6.45, 7) is 2.15. The molecule has 2 N–H and O–H groups in total. The topological polar surface area (TPSA) is 89.0 Å². The lowest BCUT2D eigenvalue weighted by Gasteiger charge is -2.28. The van der Waals surface area contributed by atoms with Crippen molar-refractivity contribution < 1.29 is 4.79 Å². The molecule has 0 aliphatic carbocycles. The molecule has 0 spiro atoms. The minimum Gasteiger partial charge on any atom is -0.370 e. The van der Waals surface area contributed by atoms with Gasteiger partial charge in [-0.15, -0.1) is 11.3 Å². The first-order chi connectivity index (χ1) is 14.7. The molecule has 2 aromatic heterocycles. The quantitative estimate of drug-likeness (QED) is 0.576. The predicted octanol–water partition coefficient (Wildman–Crippen LogP) is 4.14. The first kappa shape index (κ1) is 19.4. The van der Waals surface area contributed by atoms with Gasteiger partial charge in [0.05, 0.1) is 10.6 Å². The highest BCUT2D eigenvalue weighted by Gasteiger charge is 2.35. The van der Waals surface area contributed by atoms with Crippen LogP contribution < -0.4 is 9.80 Å². The van der Waals surface area contributed by atoms with Gasteiger partial charge in [0.15, 0.2) is 10.3 Å². The minimum absolute atomic E-state index is 0.162. The molecule has 5 rings (SSSR count). The number of benzene rings is 1. The molecule has 30 heavy (non-hydrogen) atoms. The fourth-order valence-electron chi connectivity index (χ4n) is 3.42. The molecular formula is C20H18N6OS3. The molecule has 2 aliphatic heterocycles. The van der Waals surface area contributed by atoms with Crippen molar-refractivity contribution >= 4 is 62.8 Å². The van der Waals surface area contributed by atoms with Crippen LogP contribution in [0.5, 0.6) is 0 Å². The Bertz CT molecular complexity index is 1100. The van der Waals surface area contributed by atoms with E-state index in [2.05, 4.69) is 44.3 Å². The first-order valence-corrected chi connectivity index (χ1v) is 12.2. The molecule has 7 nitrogen and oxygen atoms in total. The van der Waals surface area contributed by atoms with E-state index in [9.17, 15) is 4.79 Å². The van der Waals surface area contributed by atoms with Gasteiger partial charge < -0.3 is 4.90 Å². The maximum absolute atomic E-state index is 12.8. The van der Waals surface area contributed by atoms with Crippen LogP contribution >= 0.6 is 34.9 Å². The summed E-state index contributed by atoms with van der Waals surface area (Å²) >= 11 is 4.48. The second kappa shape index (κ2) is 8.29. The summed E-state index contributed by atoms with van der Waals surface area (Å²) in [5, 5.41) is 18.0. The highest BCUT2D eigenvalue weighted by atomic mass is 32.2. The fourth-order valence-corrected chi connectivity index (χ4v) is 5.86. The van der Waals surface area contributed by atoms with Crippen LogP contribution in [-0.2, 0) is 4.79 Å². The molecule has 0 atom stereocenters. The molecule has 2 fully saturated rings. The van der Waals surface area contributed by atoms with Gasteiger partial charge in [-0.3, -0.25) is 15.3 Å². The molecule has 152 valence electrons. The maximum atomic E-state index is 12.8. The second-order valence-corrected chi connectivity index (χ2v) is 9.83.